The average Bonchev–Trinajstić information content (AvgIpc) is 2.62. The summed E-state index contributed by atoms with van der Waals surface area (Å²) < 4.78 is 56.9. The van der Waals surface area contributed by atoms with E-state index < -0.39 is 30.9 Å². The Morgan fingerprint density at radius 1 is 0.900 bits per heavy atom. The monoisotopic (exact) mass is 459 g/mol. The molecule has 0 spiro atoms. The molecule has 0 aliphatic rings. The van der Waals surface area contributed by atoms with Crippen molar-refractivity contribution in [3.8, 4) is 5.75 Å². The largest absolute Gasteiger partial charge is 1.00 e. The normalized spacial score (nSPS) is 11.5. The van der Waals surface area contributed by atoms with Gasteiger partial charge in [-0.2, -0.15) is 8.42 Å². The molecule has 0 fully saturated rings. The second-order valence-corrected chi connectivity index (χ2v) is 9.36. The maximum atomic E-state index is 12.4. The maximum absolute atomic E-state index is 12.4. The molecular formula is C18H16N2NaO7S2+. The first-order chi connectivity index (χ1) is 13.5. The summed E-state index contributed by atoms with van der Waals surface area (Å²) in [6.07, 6.45) is 1.00. The topological polar surface area (TPSA) is 150 Å². The number of hydrogen-bond acceptors (Lipinski definition) is 6. The van der Waals surface area contributed by atoms with Gasteiger partial charge in [-0.05, 0) is 36.4 Å². The summed E-state index contributed by atoms with van der Waals surface area (Å²) in [7, 11) is -8.01. The van der Waals surface area contributed by atoms with Crippen molar-refractivity contribution in [3.05, 3.63) is 60.2 Å². The van der Waals surface area contributed by atoms with Crippen molar-refractivity contribution >= 4 is 48.2 Å². The van der Waals surface area contributed by atoms with Crippen LogP contribution in [-0.4, -0.2) is 38.7 Å². The minimum atomic E-state index is -4.47. The van der Waals surface area contributed by atoms with E-state index in [9.17, 15) is 26.7 Å². The Hall–Kier alpha value is -2.15. The molecule has 0 saturated carbocycles. The zero-order valence-corrected chi connectivity index (χ0v) is 19.6. The van der Waals surface area contributed by atoms with Crippen molar-refractivity contribution in [2.75, 3.05) is 16.3 Å². The Morgan fingerprint density at radius 3 is 2.20 bits per heavy atom. The number of phenolic OH excluding ortho intramolecular Hbond substituents is 1. The predicted octanol–water partition coefficient (Wildman–Crippen LogP) is -0.580. The van der Waals surface area contributed by atoms with Gasteiger partial charge in [-0.25, -0.2) is 8.42 Å². The Kier molecular flexibility index (Phi) is 7.17. The number of sulfonamides is 1. The molecule has 0 radical (unpaired) electrons. The zero-order valence-electron chi connectivity index (χ0n) is 15.9. The number of benzene rings is 3. The summed E-state index contributed by atoms with van der Waals surface area (Å²) in [5.74, 6) is -1.01. The number of amides is 1. The number of rotatable bonds is 5. The van der Waals surface area contributed by atoms with E-state index in [2.05, 4.69) is 10.0 Å². The molecule has 9 nitrogen and oxygen atoms in total. The van der Waals surface area contributed by atoms with Gasteiger partial charge < -0.3 is 10.4 Å². The molecule has 152 valence electrons. The number of aromatic hydroxyl groups is 1. The van der Waals surface area contributed by atoms with E-state index >= 15 is 0 Å². The number of phenols is 1. The van der Waals surface area contributed by atoms with Crippen LogP contribution in [0.25, 0.3) is 10.8 Å². The Balaban J connectivity index is 0.00000320. The predicted molar refractivity (Wildman–Crippen MR) is 108 cm³/mol. The van der Waals surface area contributed by atoms with Gasteiger partial charge in [0.15, 0.2) is 0 Å². The molecule has 0 bridgehead atoms. The van der Waals surface area contributed by atoms with Crippen LogP contribution in [0.5, 0.6) is 5.75 Å². The summed E-state index contributed by atoms with van der Waals surface area (Å²) in [6, 6.07) is 12.3. The summed E-state index contributed by atoms with van der Waals surface area (Å²) in [5.41, 5.74) is 0.252. The van der Waals surface area contributed by atoms with E-state index in [0.29, 0.717) is 10.8 Å². The van der Waals surface area contributed by atoms with Gasteiger partial charge in [-0.3, -0.25) is 14.1 Å². The van der Waals surface area contributed by atoms with Crippen LogP contribution in [-0.2, 0) is 20.1 Å². The van der Waals surface area contributed by atoms with Crippen LogP contribution in [0.2, 0.25) is 0 Å². The summed E-state index contributed by atoms with van der Waals surface area (Å²) in [6.45, 7) is 0. The number of hydrogen-bond donors (Lipinski definition) is 4. The minimum Gasteiger partial charge on any atom is -0.505 e. The van der Waals surface area contributed by atoms with Crippen molar-refractivity contribution in [1.29, 1.82) is 0 Å². The molecule has 30 heavy (non-hydrogen) atoms. The van der Waals surface area contributed by atoms with Gasteiger partial charge in [0.25, 0.3) is 16.0 Å². The van der Waals surface area contributed by atoms with E-state index in [0.717, 1.165) is 18.4 Å². The van der Waals surface area contributed by atoms with Crippen LogP contribution < -0.4 is 39.6 Å². The van der Waals surface area contributed by atoms with Crippen molar-refractivity contribution in [3.63, 3.8) is 0 Å². The first-order valence-electron chi connectivity index (χ1n) is 8.07. The Bertz CT molecular complexity index is 1340. The second kappa shape index (κ2) is 8.92. The summed E-state index contributed by atoms with van der Waals surface area (Å²) >= 11 is 0. The first kappa shape index (κ1) is 24.1. The molecule has 0 aliphatic carbocycles. The van der Waals surface area contributed by atoms with E-state index in [4.69, 9.17) is 4.55 Å². The van der Waals surface area contributed by atoms with Gasteiger partial charge in [-0.15, -0.1) is 0 Å². The number of carbonyl (C=O) groups excluding carboxylic acids is 1. The van der Waals surface area contributed by atoms with Crippen LogP contribution in [0.4, 0.5) is 11.4 Å². The number of carbonyl (C=O) groups is 1. The van der Waals surface area contributed by atoms with E-state index in [1.54, 1.807) is 6.07 Å². The standard InChI is InChI=1S/C18H16N2O7S2.Na/c1-28(23,24)20-15-7-3-6-14-13(15)8-9-16(17(14)21)19-18(22)11-4-2-5-12(10-11)29(25,26)27;/h2-10,20-21H,1H3,(H,19,22)(H,25,26,27);/q;+1. The third-order valence-electron chi connectivity index (χ3n) is 3.97. The van der Waals surface area contributed by atoms with E-state index in [1.165, 1.54) is 36.4 Å². The van der Waals surface area contributed by atoms with Crippen molar-refractivity contribution < 1.29 is 60.8 Å². The molecule has 3 aromatic carbocycles. The van der Waals surface area contributed by atoms with Gasteiger partial charge >= 0.3 is 29.6 Å². The molecule has 0 saturated heterocycles. The molecule has 0 atom stereocenters. The van der Waals surface area contributed by atoms with Crippen LogP contribution in [0, 0.1) is 0 Å². The molecular weight excluding hydrogens is 443 g/mol. The van der Waals surface area contributed by atoms with Crippen molar-refractivity contribution in [1.82, 2.24) is 0 Å². The van der Waals surface area contributed by atoms with Gasteiger partial charge in [0, 0.05) is 16.3 Å². The molecule has 1 amide bonds. The van der Waals surface area contributed by atoms with Gasteiger partial charge in [0.05, 0.1) is 22.5 Å². The second-order valence-electron chi connectivity index (χ2n) is 6.19. The van der Waals surface area contributed by atoms with Gasteiger partial charge in [-0.1, -0.05) is 18.2 Å². The fourth-order valence-corrected chi connectivity index (χ4v) is 3.83. The number of fused-ring (bicyclic) bond motifs is 1. The Morgan fingerprint density at radius 2 is 1.57 bits per heavy atom. The van der Waals surface area contributed by atoms with Crippen LogP contribution >= 0.6 is 0 Å². The first-order valence-corrected chi connectivity index (χ1v) is 11.4. The fraction of sp³-hybridized carbons (Fsp3) is 0.0556. The molecule has 0 heterocycles. The smallest absolute Gasteiger partial charge is 0.505 e. The van der Waals surface area contributed by atoms with Crippen LogP contribution in [0.3, 0.4) is 0 Å². The quantitative estimate of drug-likeness (QED) is 0.226. The number of nitrogens with one attached hydrogen (secondary N) is 2. The summed E-state index contributed by atoms with van der Waals surface area (Å²) in [4.78, 5) is 12.0. The Labute approximate surface area is 195 Å². The molecule has 4 N–H and O–H groups in total. The van der Waals surface area contributed by atoms with E-state index in [-0.39, 0.29) is 52.2 Å². The molecule has 0 unspecified atom stereocenters. The third-order valence-corrected chi connectivity index (χ3v) is 5.41. The van der Waals surface area contributed by atoms with Crippen molar-refractivity contribution in [2.45, 2.75) is 4.90 Å². The number of anilines is 2. The van der Waals surface area contributed by atoms with Crippen molar-refractivity contribution in [2.24, 2.45) is 0 Å². The third kappa shape index (κ3) is 5.50. The van der Waals surface area contributed by atoms with Crippen LogP contribution in [0.1, 0.15) is 10.4 Å². The summed E-state index contributed by atoms with van der Waals surface area (Å²) in [5, 5.41) is 13.7. The van der Waals surface area contributed by atoms with Gasteiger partial charge in [0.2, 0.25) is 10.0 Å². The fourth-order valence-electron chi connectivity index (χ4n) is 2.72. The maximum Gasteiger partial charge on any atom is 1.00 e. The molecule has 12 heteroatoms. The van der Waals surface area contributed by atoms with E-state index in [1.807, 2.05) is 0 Å². The average molecular weight is 459 g/mol. The molecule has 3 rings (SSSR count). The molecule has 0 aromatic heterocycles. The van der Waals surface area contributed by atoms with Gasteiger partial charge in [0.1, 0.15) is 5.75 Å². The SMILES string of the molecule is CS(=O)(=O)Nc1cccc2c(O)c(NC(=O)c3cccc(S(=O)(=O)O)c3)ccc12.[Na+]. The van der Waals surface area contributed by atoms with Crippen LogP contribution in [0.15, 0.2) is 59.5 Å². The zero-order chi connectivity index (χ0) is 21.4. The minimum absolute atomic E-state index is 0. The molecule has 0 aliphatic heterocycles. The molecule has 3 aromatic rings.